The molecule has 0 bridgehead atoms. The highest BCUT2D eigenvalue weighted by molar-refractivity contribution is 6.31. The highest BCUT2D eigenvalue weighted by Crippen LogP contribution is 2.36. The largest absolute Gasteiger partial charge is 0.368 e. The maximum atomic E-state index is 9.44. The summed E-state index contributed by atoms with van der Waals surface area (Å²) in [4.78, 5) is 10.8. The fraction of sp³-hybridized carbons (Fsp3) is 0.292. The third-order valence-electron chi connectivity index (χ3n) is 6.09. The first-order valence-electron chi connectivity index (χ1n) is 9.96. The average Bonchev–Trinajstić information content (AvgIpc) is 2.75. The van der Waals surface area contributed by atoms with Crippen molar-refractivity contribution in [2.24, 2.45) is 0 Å². The van der Waals surface area contributed by atoms with Gasteiger partial charge in [0.05, 0.1) is 17.3 Å². The van der Waals surface area contributed by atoms with Crippen LogP contribution in [0, 0.1) is 18.3 Å². The summed E-state index contributed by atoms with van der Waals surface area (Å²) < 4.78 is 0. The fourth-order valence-corrected chi connectivity index (χ4v) is 4.18. The third kappa shape index (κ3) is 3.59. The Hall–Kier alpha value is -3.10. The van der Waals surface area contributed by atoms with Gasteiger partial charge in [0.1, 0.15) is 0 Å². The number of nitriles is 1. The summed E-state index contributed by atoms with van der Waals surface area (Å²) in [5, 5.41) is 10.1. The highest BCUT2D eigenvalue weighted by atomic mass is 35.5. The fourth-order valence-electron chi connectivity index (χ4n) is 3.96. The predicted octanol–water partition coefficient (Wildman–Crippen LogP) is 4.78. The lowest BCUT2D eigenvalue weighted by Gasteiger charge is -2.31. The van der Waals surface area contributed by atoms with Crippen LogP contribution in [0.15, 0.2) is 42.6 Å². The van der Waals surface area contributed by atoms with Crippen LogP contribution in [0.25, 0.3) is 0 Å². The molecule has 0 atom stereocenters. The second kappa shape index (κ2) is 7.62. The minimum atomic E-state index is -0.276. The number of nitrogens with two attached hydrogens (primary N) is 1. The van der Waals surface area contributed by atoms with Crippen LogP contribution < -0.4 is 10.6 Å². The first kappa shape index (κ1) is 20.2. The second-order valence-corrected chi connectivity index (χ2v) is 8.69. The van der Waals surface area contributed by atoms with E-state index in [4.69, 9.17) is 17.3 Å². The van der Waals surface area contributed by atoms with Crippen molar-refractivity contribution >= 4 is 23.2 Å². The van der Waals surface area contributed by atoms with Crippen molar-refractivity contribution in [1.29, 1.82) is 5.26 Å². The maximum absolute atomic E-state index is 9.44. The van der Waals surface area contributed by atoms with Gasteiger partial charge in [-0.15, -0.1) is 0 Å². The van der Waals surface area contributed by atoms with Gasteiger partial charge in [0.15, 0.2) is 0 Å². The van der Waals surface area contributed by atoms with Gasteiger partial charge in [-0.1, -0.05) is 37.6 Å². The molecule has 3 aromatic rings. The van der Waals surface area contributed by atoms with E-state index < -0.39 is 0 Å². The summed E-state index contributed by atoms with van der Waals surface area (Å²) in [6.07, 6.45) is 2.68. The Labute approximate surface area is 182 Å². The lowest BCUT2D eigenvalue weighted by atomic mass is 9.77. The van der Waals surface area contributed by atoms with E-state index in [-0.39, 0.29) is 5.41 Å². The summed E-state index contributed by atoms with van der Waals surface area (Å²) in [5.74, 6) is 0.338. The zero-order chi connectivity index (χ0) is 21.5. The zero-order valence-electron chi connectivity index (χ0n) is 17.4. The van der Waals surface area contributed by atoms with Crippen molar-refractivity contribution < 1.29 is 0 Å². The van der Waals surface area contributed by atoms with Crippen LogP contribution in [0.1, 0.15) is 47.4 Å². The molecule has 30 heavy (non-hydrogen) atoms. The normalized spacial score (nSPS) is 13.6. The quantitative estimate of drug-likeness (QED) is 0.663. The molecule has 1 aromatic heterocycles. The zero-order valence-corrected chi connectivity index (χ0v) is 18.2. The lowest BCUT2D eigenvalue weighted by molar-refractivity contribution is 0.639. The van der Waals surface area contributed by atoms with Gasteiger partial charge in [0.25, 0.3) is 0 Å². The molecule has 1 aliphatic rings. The molecule has 0 aliphatic carbocycles. The van der Waals surface area contributed by atoms with E-state index >= 15 is 0 Å². The molecule has 1 aliphatic heterocycles. The van der Waals surface area contributed by atoms with Crippen molar-refractivity contribution in [3.63, 3.8) is 0 Å². The molecule has 0 spiro atoms. The Kier molecular flexibility index (Phi) is 5.13. The average molecular weight is 418 g/mol. The van der Waals surface area contributed by atoms with Crippen LogP contribution in [0.5, 0.6) is 0 Å². The maximum Gasteiger partial charge on any atom is 0.220 e. The van der Waals surface area contributed by atoms with Crippen LogP contribution in [-0.2, 0) is 18.4 Å². The predicted molar refractivity (Wildman–Crippen MR) is 121 cm³/mol. The van der Waals surface area contributed by atoms with Gasteiger partial charge in [-0.2, -0.15) is 5.26 Å². The number of halogens is 1. The molecule has 0 fully saturated rings. The minimum absolute atomic E-state index is 0.276. The Morgan fingerprint density at radius 3 is 2.60 bits per heavy atom. The van der Waals surface area contributed by atoms with Crippen LogP contribution >= 0.6 is 11.6 Å². The number of aromatic nitrogens is 2. The van der Waals surface area contributed by atoms with Crippen molar-refractivity contribution in [3.8, 4) is 6.07 Å². The summed E-state index contributed by atoms with van der Waals surface area (Å²) in [6, 6.07) is 14.8. The molecule has 0 saturated carbocycles. The van der Waals surface area contributed by atoms with Crippen LogP contribution in [-0.4, -0.2) is 16.5 Å². The molecular weight excluding hydrogens is 394 g/mol. The van der Waals surface area contributed by atoms with E-state index in [0.717, 1.165) is 47.6 Å². The van der Waals surface area contributed by atoms with E-state index in [2.05, 4.69) is 59.1 Å². The molecule has 2 N–H and O–H groups in total. The SMILES string of the molecule is Cc1c(Cl)cc(C(C)(C)c2ccc(N3CCc4nc(N)ncc4C3)cc2)cc1C#N. The van der Waals surface area contributed by atoms with Crippen molar-refractivity contribution in [1.82, 2.24) is 9.97 Å². The number of rotatable bonds is 3. The van der Waals surface area contributed by atoms with Crippen molar-refractivity contribution in [2.45, 2.75) is 39.2 Å². The molecule has 6 heteroatoms. The standard InChI is InChI=1S/C24H24ClN5/c1-15-16(12-26)10-19(11-21(15)25)24(2,3)18-4-6-20(7-5-18)30-9-8-22-17(14-30)13-28-23(27)29-22/h4-7,10-11,13H,8-9,14H2,1-3H3,(H2,27,28,29). The number of anilines is 2. The Bertz CT molecular complexity index is 1150. The number of fused-ring (bicyclic) bond motifs is 1. The van der Waals surface area contributed by atoms with Gasteiger partial charge in [0, 0.05) is 47.4 Å². The number of benzene rings is 2. The highest BCUT2D eigenvalue weighted by Gasteiger charge is 2.26. The first-order chi connectivity index (χ1) is 14.3. The van der Waals surface area contributed by atoms with E-state index in [9.17, 15) is 5.26 Å². The van der Waals surface area contributed by atoms with Crippen molar-refractivity contribution in [2.75, 3.05) is 17.2 Å². The van der Waals surface area contributed by atoms with Crippen molar-refractivity contribution in [3.05, 3.63) is 81.1 Å². The molecule has 0 radical (unpaired) electrons. The van der Waals surface area contributed by atoms with Gasteiger partial charge >= 0.3 is 0 Å². The lowest BCUT2D eigenvalue weighted by Crippen LogP contribution is -2.31. The van der Waals surface area contributed by atoms with E-state index in [1.165, 1.54) is 5.56 Å². The first-order valence-corrected chi connectivity index (χ1v) is 10.3. The molecule has 0 saturated heterocycles. The van der Waals surface area contributed by atoms with Crippen LogP contribution in [0.3, 0.4) is 0 Å². The van der Waals surface area contributed by atoms with E-state index in [0.29, 0.717) is 16.5 Å². The molecule has 0 unspecified atom stereocenters. The molecule has 152 valence electrons. The molecule has 5 nitrogen and oxygen atoms in total. The topological polar surface area (TPSA) is 78.8 Å². The Morgan fingerprint density at radius 2 is 1.90 bits per heavy atom. The van der Waals surface area contributed by atoms with Gasteiger partial charge in [0.2, 0.25) is 5.95 Å². The van der Waals surface area contributed by atoms with Crippen LogP contribution in [0.4, 0.5) is 11.6 Å². The van der Waals surface area contributed by atoms with Gasteiger partial charge in [-0.3, -0.25) is 0 Å². The molecule has 2 aromatic carbocycles. The van der Waals surface area contributed by atoms with Crippen LogP contribution in [0.2, 0.25) is 5.02 Å². The molecule has 2 heterocycles. The number of nitrogen functional groups attached to an aromatic ring is 1. The Balaban J connectivity index is 1.60. The van der Waals surface area contributed by atoms with E-state index in [1.54, 1.807) is 0 Å². The Morgan fingerprint density at radius 1 is 1.17 bits per heavy atom. The monoisotopic (exact) mass is 417 g/mol. The summed E-state index contributed by atoms with van der Waals surface area (Å²) in [7, 11) is 0. The summed E-state index contributed by atoms with van der Waals surface area (Å²) in [5.41, 5.74) is 12.4. The second-order valence-electron chi connectivity index (χ2n) is 8.29. The molecular formula is C24H24ClN5. The van der Waals surface area contributed by atoms with Gasteiger partial charge in [-0.05, 0) is 47.9 Å². The smallest absolute Gasteiger partial charge is 0.220 e. The van der Waals surface area contributed by atoms with Gasteiger partial charge in [-0.25, -0.2) is 9.97 Å². The number of nitrogens with zero attached hydrogens (tertiary/aromatic N) is 4. The summed E-state index contributed by atoms with van der Waals surface area (Å²) in [6.45, 7) is 7.86. The number of hydrogen-bond donors (Lipinski definition) is 1. The minimum Gasteiger partial charge on any atom is -0.368 e. The summed E-state index contributed by atoms with van der Waals surface area (Å²) >= 11 is 6.39. The van der Waals surface area contributed by atoms with Gasteiger partial charge < -0.3 is 10.6 Å². The molecule has 4 rings (SSSR count). The molecule has 0 amide bonds. The van der Waals surface area contributed by atoms with E-state index in [1.807, 2.05) is 25.3 Å². The third-order valence-corrected chi connectivity index (χ3v) is 6.49. The number of hydrogen-bond acceptors (Lipinski definition) is 5.